The Balaban J connectivity index is 2.09. The van der Waals surface area contributed by atoms with Gasteiger partial charge in [0.1, 0.15) is 17.6 Å². The molecule has 3 aromatic carbocycles. The van der Waals surface area contributed by atoms with Gasteiger partial charge < -0.3 is 10.5 Å². The molecule has 3 rings (SSSR count). The Morgan fingerprint density at radius 2 is 1.74 bits per heavy atom. The van der Waals surface area contributed by atoms with Crippen molar-refractivity contribution in [2.24, 2.45) is 0 Å². The van der Waals surface area contributed by atoms with E-state index in [1.807, 2.05) is 36.4 Å². The number of hydrogen-bond donors (Lipinski definition) is 1. The molecule has 0 unspecified atom stereocenters. The van der Waals surface area contributed by atoms with Crippen molar-refractivity contribution >= 4 is 17.3 Å². The topological polar surface area (TPSA) is 59.0 Å². The Labute approximate surface area is 139 Å². The minimum absolute atomic E-state index is 0.465. The molecule has 23 heavy (non-hydrogen) atoms. The Hall–Kier alpha value is -2.96. The number of benzene rings is 3. The van der Waals surface area contributed by atoms with Crippen LogP contribution in [0.1, 0.15) is 5.56 Å². The van der Waals surface area contributed by atoms with Crippen molar-refractivity contribution in [3.8, 4) is 28.7 Å². The number of nitrogen functional groups attached to an aromatic ring is 1. The van der Waals surface area contributed by atoms with E-state index in [0.717, 1.165) is 11.1 Å². The van der Waals surface area contributed by atoms with Crippen molar-refractivity contribution in [3.63, 3.8) is 0 Å². The molecular formula is C19H13ClN2O. The highest BCUT2D eigenvalue weighted by Gasteiger charge is 2.11. The third kappa shape index (κ3) is 3.28. The van der Waals surface area contributed by atoms with Gasteiger partial charge in [0.05, 0.1) is 5.56 Å². The first-order valence-corrected chi connectivity index (χ1v) is 7.37. The molecule has 0 atom stereocenters. The molecule has 0 aliphatic rings. The van der Waals surface area contributed by atoms with Crippen LogP contribution in [0.3, 0.4) is 0 Å². The van der Waals surface area contributed by atoms with Gasteiger partial charge in [-0.25, -0.2) is 0 Å². The average molecular weight is 321 g/mol. The second-order valence-corrected chi connectivity index (χ2v) is 5.41. The highest BCUT2D eigenvalue weighted by atomic mass is 35.5. The molecule has 0 aliphatic carbocycles. The van der Waals surface area contributed by atoms with Gasteiger partial charge in [-0.05, 0) is 42.0 Å². The van der Waals surface area contributed by atoms with Gasteiger partial charge in [0, 0.05) is 22.3 Å². The van der Waals surface area contributed by atoms with Crippen LogP contribution in [-0.4, -0.2) is 0 Å². The zero-order valence-electron chi connectivity index (χ0n) is 12.2. The van der Waals surface area contributed by atoms with E-state index < -0.39 is 0 Å². The first kappa shape index (κ1) is 15.0. The number of ether oxygens (including phenoxy) is 1. The summed E-state index contributed by atoms with van der Waals surface area (Å²) in [5.74, 6) is 1.07. The number of anilines is 1. The van der Waals surface area contributed by atoms with Crippen LogP contribution < -0.4 is 10.5 Å². The lowest BCUT2D eigenvalue weighted by atomic mass is 10.0. The second-order valence-electron chi connectivity index (χ2n) is 4.98. The van der Waals surface area contributed by atoms with Crippen LogP contribution >= 0.6 is 11.6 Å². The summed E-state index contributed by atoms with van der Waals surface area (Å²) in [6.07, 6.45) is 0. The zero-order chi connectivity index (χ0) is 16.2. The largest absolute Gasteiger partial charge is 0.455 e. The molecule has 4 heteroatoms. The fourth-order valence-corrected chi connectivity index (χ4v) is 2.47. The van der Waals surface area contributed by atoms with Gasteiger partial charge in [0.25, 0.3) is 0 Å². The van der Waals surface area contributed by atoms with Gasteiger partial charge in [-0.1, -0.05) is 35.9 Å². The minimum atomic E-state index is 0.465. The molecule has 0 aliphatic heterocycles. The van der Waals surface area contributed by atoms with E-state index in [4.69, 9.17) is 22.1 Å². The van der Waals surface area contributed by atoms with E-state index in [0.29, 0.717) is 27.8 Å². The van der Waals surface area contributed by atoms with Crippen molar-refractivity contribution < 1.29 is 4.74 Å². The van der Waals surface area contributed by atoms with Gasteiger partial charge in [-0.15, -0.1) is 0 Å². The van der Waals surface area contributed by atoms with Crippen molar-refractivity contribution in [3.05, 3.63) is 77.3 Å². The first-order chi connectivity index (χ1) is 11.2. The van der Waals surface area contributed by atoms with Crippen LogP contribution in [0.5, 0.6) is 11.5 Å². The SMILES string of the molecule is N#Cc1ccccc1Oc1cc(N)ccc1-c1cccc(Cl)c1. The Bertz CT molecular complexity index is 900. The van der Waals surface area contributed by atoms with E-state index >= 15 is 0 Å². The lowest BCUT2D eigenvalue weighted by molar-refractivity contribution is 0.483. The fourth-order valence-electron chi connectivity index (χ4n) is 2.28. The summed E-state index contributed by atoms with van der Waals surface area (Å²) < 4.78 is 5.96. The lowest BCUT2D eigenvalue weighted by Gasteiger charge is -2.13. The zero-order valence-corrected chi connectivity index (χ0v) is 12.9. The molecule has 0 saturated heterocycles. The molecule has 0 aromatic heterocycles. The fraction of sp³-hybridized carbons (Fsp3) is 0. The van der Waals surface area contributed by atoms with Crippen LogP contribution in [-0.2, 0) is 0 Å². The molecule has 2 N–H and O–H groups in total. The summed E-state index contributed by atoms with van der Waals surface area (Å²) in [6.45, 7) is 0. The predicted molar refractivity (Wildman–Crippen MR) is 92.5 cm³/mol. The monoisotopic (exact) mass is 320 g/mol. The number of hydrogen-bond acceptors (Lipinski definition) is 3. The summed E-state index contributed by atoms with van der Waals surface area (Å²) in [4.78, 5) is 0. The van der Waals surface area contributed by atoms with Crippen LogP contribution in [0.15, 0.2) is 66.7 Å². The molecular weight excluding hydrogens is 308 g/mol. The van der Waals surface area contributed by atoms with Gasteiger partial charge in [0.2, 0.25) is 0 Å². The molecule has 0 amide bonds. The quantitative estimate of drug-likeness (QED) is 0.670. The van der Waals surface area contributed by atoms with Gasteiger partial charge in [-0.3, -0.25) is 0 Å². The number of halogens is 1. The number of para-hydroxylation sites is 1. The second kappa shape index (κ2) is 6.43. The van der Waals surface area contributed by atoms with Crippen LogP contribution in [0.2, 0.25) is 5.02 Å². The Morgan fingerprint density at radius 3 is 2.52 bits per heavy atom. The molecule has 0 fully saturated rings. The molecule has 0 radical (unpaired) electrons. The molecule has 3 nitrogen and oxygen atoms in total. The molecule has 0 spiro atoms. The molecule has 0 heterocycles. The lowest BCUT2D eigenvalue weighted by Crippen LogP contribution is -1.93. The van der Waals surface area contributed by atoms with E-state index in [1.54, 1.807) is 30.3 Å². The number of nitrogens with zero attached hydrogens (tertiary/aromatic N) is 1. The molecule has 0 saturated carbocycles. The van der Waals surface area contributed by atoms with Crippen LogP contribution in [0, 0.1) is 11.3 Å². The summed E-state index contributed by atoms with van der Waals surface area (Å²) in [5, 5.41) is 9.84. The minimum Gasteiger partial charge on any atom is -0.455 e. The van der Waals surface area contributed by atoms with Crippen LogP contribution in [0.4, 0.5) is 5.69 Å². The highest BCUT2D eigenvalue weighted by Crippen LogP contribution is 2.36. The van der Waals surface area contributed by atoms with E-state index in [9.17, 15) is 5.26 Å². The van der Waals surface area contributed by atoms with Gasteiger partial charge in [-0.2, -0.15) is 5.26 Å². The van der Waals surface area contributed by atoms with Crippen molar-refractivity contribution in [1.82, 2.24) is 0 Å². The molecule has 3 aromatic rings. The van der Waals surface area contributed by atoms with E-state index in [1.165, 1.54) is 0 Å². The molecule has 0 bridgehead atoms. The maximum atomic E-state index is 9.20. The summed E-state index contributed by atoms with van der Waals surface area (Å²) in [5.41, 5.74) is 8.71. The van der Waals surface area contributed by atoms with Crippen LogP contribution in [0.25, 0.3) is 11.1 Å². The summed E-state index contributed by atoms with van der Waals surface area (Å²) in [7, 11) is 0. The van der Waals surface area contributed by atoms with E-state index in [2.05, 4.69) is 6.07 Å². The third-order valence-electron chi connectivity index (χ3n) is 3.37. The maximum absolute atomic E-state index is 9.20. The number of nitriles is 1. The summed E-state index contributed by atoms with van der Waals surface area (Å²) >= 11 is 6.08. The number of rotatable bonds is 3. The third-order valence-corrected chi connectivity index (χ3v) is 3.60. The normalized spacial score (nSPS) is 10.1. The Morgan fingerprint density at radius 1 is 0.913 bits per heavy atom. The van der Waals surface area contributed by atoms with E-state index in [-0.39, 0.29) is 0 Å². The molecule has 112 valence electrons. The van der Waals surface area contributed by atoms with Gasteiger partial charge >= 0.3 is 0 Å². The predicted octanol–water partition coefficient (Wildman–Crippen LogP) is 5.25. The Kier molecular flexibility index (Phi) is 4.18. The first-order valence-electron chi connectivity index (χ1n) is 7.00. The standard InChI is InChI=1S/C19H13ClN2O/c20-15-6-3-5-13(10-15)17-9-8-16(22)11-19(17)23-18-7-2-1-4-14(18)12-21/h1-11H,22H2. The highest BCUT2D eigenvalue weighted by molar-refractivity contribution is 6.30. The van der Waals surface area contributed by atoms with Crippen molar-refractivity contribution in [1.29, 1.82) is 5.26 Å². The van der Waals surface area contributed by atoms with Crippen molar-refractivity contribution in [2.45, 2.75) is 0 Å². The number of nitrogens with two attached hydrogens (primary N) is 1. The van der Waals surface area contributed by atoms with Crippen molar-refractivity contribution in [2.75, 3.05) is 5.73 Å². The smallest absolute Gasteiger partial charge is 0.145 e. The average Bonchev–Trinajstić information content (AvgIpc) is 2.55. The van der Waals surface area contributed by atoms with Gasteiger partial charge in [0.15, 0.2) is 0 Å². The maximum Gasteiger partial charge on any atom is 0.145 e. The summed E-state index contributed by atoms with van der Waals surface area (Å²) in [6, 6.07) is 22.1.